The molecule has 1 aromatic rings. The van der Waals surface area contributed by atoms with E-state index in [0.717, 1.165) is 5.56 Å². The predicted molar refractivity (Wildman–Crippen MR) is 86.8 cm³/mol. The molecule has 0 atom stereocenters. The summed E-state index contributed by atoms with van der Waals surface area (Å²) in [6.45, 7) is 2.12. The van der Waals surface area contributed by atoms with Gasteiger partial charge < -0.3 is 11.1 Å². The second kappa shape index (κ2) is 6.90. The SMILES string of the molecule is Cc1cc(C(N)=S)ccc1NC1CCCCCCC1. The third-order valence-corrected chi connectivity index (χ3v) is 4.21. The van der Waals surface area contributed by atoms with Crippen LogP contribution in [0.3, 0.4) is 0 Å². The highest BCUT2D eigenvalue weighted by molar-refractivity contribution is 7.80. The van der Waals surface area contributed by atoms with Gasteiger partial charge in [-0.15, -0.1) is 0 Å². The van der Waals surface area contributed by atoms with E-state index < -0.39 is 0 Å². The Bertz CT molecular complexity index is 434. The standard InChI is InChI=1S/C16H24N2S/c1-12-11-13(16(17)19)9-10-15(12)18-14-7-5-3-2-4-6-8-14/h9-11,14,18H,2-8H2,1H3,(H2,17,19). The Kier molecular flexibility index (Phi) is 5.20. The lowest BCUT2D eigenvalue weighted by atomic mass is 9.96. The molecule has 19 heavy (non-hydrogen) atoms. The van der Waals surface area contributed by atoms with Gasteiger partial charge in [-0.1, -0.05) is 44.3 Å². The maximum Gasteiger partial charge on any atom is 0.103 e. The van der Waals surface area contributed by atoms with Crippen molar-refractivity contribution in [3.8, 4) is 0 Å². The van der Waals surface area contributed by atoms with Crippen LogP contribution in [0.5, 0.6) is 0 Å². The van der Waals surface area contributed by atoms with Gasteiger partial charge in [0.1, 0.15) is 4.99 Å². The lowest BCUT2D eigenvalue weighted by Gasteiger charge is -2.23. The monoisotopic (exact) mass is 276 g/mol. The first kappa shape index (κ1) is 14.3. The van der Waals surface area contributed by atoms with Gasteiger partial charge in [0.25, 0.3) is 0 Å². The van der Waals surface area contributed by atoms with Crippen LogP contribution in [-0.4, -0.2) is 11.0 Å². The van der Waals surface area contributed by atoms with Crippen molar-refractivity contribution in [2.45, 2.75) is 57.9 Å². The van der Waals surface area contributed by atoms with Crippen LogP contribution in [0.2, 0.25) is 0 Å². The number of hydrogen-bond donors (Lipinski definition) is 2. The Labute approximate surface area is 121 Å². The molecule has 3 heteroatoms. The minimum Gasteiger partial charge on any atom is -0.389 e. The molecule has 1 aliphatic carbocycles. The van der Waals surface area contributed by atoms with Gasteiger partial charge in [0.05, 0.1) is 0 Å². The molecule has 0 aliphatic heterocycles. The number of anilines is 1. The van der Waals surface area contributed by atoms with Crippen LogP contribution in [0.4, 0.5) is 5.69 Å². The third-order valence-electron chi connectivity index (χ3n) is 3.98. The summed E-state index contributed by atoms with van der Waals surface area (Å²) in [5.41, 5.74) is 9.08. The van der Waals surface area contributed by atoms with Crippen LogP contribution >= 0.6 is 12.2 Å². The molecule has 2 rings (SSSR count). The number of nitrogens with one attached hydrogen (secondary N) is 1. The molecule has 0 amide bonds. The highest BCUT2D eigenvalue weighted by Gasteiger charge is 2.12. The van der Waals surface area contributed by atoms with Crippen molar-refractivity contribution in [2.75, 3.05) is 5.32 Å². The summed E-state index contributed by atoms with van der Waals surface area (Å²) in [4.78, 5) is 0.473. The third kappa shape index (κ3) is 4.20. The fourth-order valence-electron chi connectivity index (χ4n) is 2.80. The number of aryl methyl sites for hydroxylation is 1. The van der Waals surface area contributed by atoms with Crippen LogP contribution in [0.15, 0.2) is 18.2 Å². The molecule has 0 bridgehead atoms. The summed E-state index contributed by atoms with van der Waals surface area (Å²) in [6, 6.07) is 6.83. The normalized spacial score (nSPS) is 17.5. The molecule has 1 saturated carbocycles. The minimum absolute atomic E-state index is 0.473. The van der Waals surface area contributed by atoms with Crippen molar-refractivity contribution >= 4 is 22.9 Å². The average molecular weight is 276 g/mol. The summed E-state index contributed by atoms with van der Waals surface area (Å²) in [5.74, 6) is 0. The maximum atomic E-state index is 5.67. The van der Waals surface area contributed by atoms with E-state index in [1.54, 1.807) is 0 Å². The average Bonchev–Trinajstić information content (AvgIpc) is 2.34. The zero-order chi connectivity index (χ0) is 13.7. The lowest BCUT2D eigenvalue weighted by Crippen LogP contribution is -2.21. The molecule has 0 spiro atoms. The van der Waals surface area contributed by atoms with E-state index in [9.17, 15) is 0 Å². The smallest absolute Gasteiger partial charge is 0.103 e. The van der Waals surface area contributed by atoms with E-state index in [1.807, 2.05) is 6.07 Å². The number of nitrogens with two attached hydrogens (primary N) is 1. The minimum atomic E-state index is 0.473. The van der Waals surface area contributed by atoms with E-state index in [4.69, 9.17) is 18.0 Å². The molecule has 0 radical (unpaired) electrons. The van der Waals surface area contributed by atoms with Crippen molar-refractivity contribution in [3.05, 3.63) is 29.3 Å². The van der Waals surface area contributed by atoms with Crippen molar-refractivity contribution in [1.82, 2.24) is 0 Å². The van der Waals surface area contributed by atoms with Crippen LogP contribution < -0.4 is 11.1 Å². The topological polar surface area (TPSA) is 38.0 Å². The predicted octanol–water partition coefficient (Wildman–Crippen LogP) is 4.15. The summed E-state index contributed by atoms with van der Waals surface area (Å²) in [7, 11) is 0. The molecule has 104 valence electrons. The highest BCUT2D eigenvalue weighted by Crippen LogP contribution is 2.23. The first-order valence-electron chi connectivity index (χ1n) is 7.34. The molecule has 1 fully saturated rings. The van der Waals surface area contributed by atoms with Gasteiger partial charge in [-0.2, -0.15) is 0 Å². The Morgan fingerprint density at radius 1 is 1.16 bits per heavy atom. The van der Waals surface area contributed by atoms with Crippen molar-refractivity contribution in [3.63, 3.8) is 0 Å². The highest BCUT2D eigenvalue weighted by atomic mass is 32.1. The van der Waals surface area contributed by atoms with Crippen LogP contribution in [0.1, 0.15) is 56.1 Å². The number of benzene rings is 1. The first-order valence-corrected chi connectivity index (χ1v) is 7.74. The molecule has 0 heterocycles. The molecule has 3 N–H and O–H groups in total. The summed E-state index contributed by atoms with van der Waals surface area (Å²) < 4.78 is 0. The fraction of sp³-hybridized carbons (Fsp3) is 0.562. The molecular weight excluding hydrogens is 252 g/mol. The Hall–Kier alpha value is -1.09. The van der Waals surface area contributed by atoms with E-state index in [0.29, 0.717) is 11.0 Å². The fourth-order valence-corrected chi connectivity index (χ4v) is 2.93. The van der Waals surface area contributed by atoms with E-state index in [2.05, 4.69) is 24.4 Å². The molecule has 0 unspecified atom stereocenters. The van der Waals surface area contributed by atoms with Crippen molar-refractivity contribution in [1.29, 1.82) is 0 Å². The zero-order valence-electron chi connectivity index (χ0n) is 11.7. The number of rotatable bonds is 3. The van der Waals surface area contributed by atoms with E-state index >= 15 is 0 Å². The molecule has 1 aliphatic rings. The van der Waals surface area contributed by atoms with Crippen LogP contribution in [0, 0.1) is 6.92 Å². The van der Waals surface area contributed by atoms with Gasteiger partial charge in [0.15, 0.2) is 0 Å². The Balaban J connectivity index is 2.03. The number of thiocarbonyl (C=S) groups is 1. The zero-order valence-corrected chi connectivity index (χ0v) is 12.6. The summed E-state index contributed by atoms with van der Waals surface area (Å²) in [5, 5.41) is 3.70. The van der Waals surface area contributed by atoms with Crippen LogP contribution in [0.25, 0.3) is 0 Å². The van der Waals surface area contributed by atoms with Gasteiger partial charge in [-0.25, -0.2) is 0 Å². The lowest BCUT2D eigenvalue weighted by molar-refractivity contribution is 0.471. The second-order valence-electron chi connectivity index (χ2n) is 5.58. The summed E-state index contributed by atoms with van der Waals surface area (Å²) in [6.07, 6.45) is 9.46. The second-order valence-corrected chi connectivity index (χ2v) is 6.02. The van der Waals surface area contributed by atoms with Gasteiger partial charge >= 0.3 is 0 Å². The van der Waals surface area contributed by atoms with Crippen molar-refractivity contribution < 1.29 is 0 Å². The molecule has 1 aromatic carbocycles. The first-order chi connectivity index (χ1) is 9.16. The van der Waals surface area contributed by atoms with Gasteiger partial charge in [-0.05, 0) is 43.5 Å². The largest absolute Gasteiger partial charge is 0.389 e. The van der Waals surface area contributed by atoms with E-state index in [1.165, 1.54) is 56.2 Å². The van der Waals surface area contributed by atoms with Crippen molar-refractivity contribution in [2.24, 2.45) is 5.73 Å². The van der Waals surface area contributed by atoms with E-state index in [-0.39, 0.29) is 0 Å². The molecule has 0 saturated heterocycles. The summed E-state index contributed by atoms with van der Waals surface area (Å²) >= 11 is 5.02. The van der Waals surface area contributed by atoms with Gasteiger partial charge in [-0.3, -0.25) is 0 Å². The molecule has 0 aromatic heterocycles. The maximum absolute atomic E-state index is 5.67. The van der Waals surface area contributed by atoms with Gasteiger partial charge in [0.2, 0.25) is 0 Å². The van der Waals surface area contributed by atoms with Crippen LogP contribution in [-0.2, 0) is 0 Å². The Morgan fingerprint density at radius 3 is 2.37 bits per heavy atom. The molecular formula is C16H24N2S. The number of hydrogen-bond acceptors (Lipinski definition) is 2. The quantitative estimate of drug-likeness (QED) is 0.814. The molecule has 2 nitrogen and oxygen atoms in total. The Morgan fingerprint density at radius 2 is 1.79 bits per heavy atom. The van der Waals surface area contributed by atoms with Gasteiger partial charge in [0, 0.05) is 17.3 Å².